The summed E-state index contributed by atoms with van der Waals surface area (Å²) in [5.74, 6) is 0. The van der Waals surface area contributed by atoms with Gasteiger partial charge in [0, 0.05) is 6.42 Å². The van der Waals surface area contributed by atoms with Crippen LogP contribution in [0.25, 0.3) is 0 Å². The van der Waals surface area contributed by atoms with Crippen LogP contribution in [0.5, 0.6) is 0 Å². The smallest absolute Gasteiger partial charge is 0.0965 e. The summed E-state index contributed by atoms with van der Waals surface area (Å²) in [7, 11) is 0. The van der Waals surface area contributed by atoms with Crippen molar-refractivity contribution in [2.24, 2.45) is 5.16 Å². The van der Waals surface area contributed by atoms with Crippen LogP contribution in [0.2, 0.25) is 0 Å². The van der Waals surface area contributed by atoms with Crippen molar-refractivity contribution in [2.75, 3.05) is 0 Å². The van der Waals surface area contributed by atoms with E-state index in [4.69, 9.17) is 9.94 Å². The molecule has 0 aliphatic carbocycles. The minimum absolute atomic E-state index is 0.00463. The lowest BCUT2D eigenvalue weighted by Gasteiger charge is -2.01. The zero-order valence-electron chi connectivity index (χ0n) is 5.66. The molecule has 0 saturated carbocycles. The molecule has 0 radical (unpaired) electrons. The van der Waals surface area contributed by atoms with E-state index in [0.29, 0.717) is 0 Å². The van der Waals surface area contributed by atoms with Crippen LogP contribution in [-0.2, 0) is 4.74 Å². The highest BCUT2D eigenvalue weighted by molar-refractivity contribution is 5.89. The Bertz CT molecular complexity index is 133. The zero-order chi connectivity index (χ0) is 6.85. The number of hydrogen-bond donors (Lipinski definition) is 1. The van der Waals surface area contributed by atoms with Crippen LogP contribution in [0.4, 0.5) is 0 Å². The second kappa shape index (κ2) is 2.35. The molecule has 2 unspecified atom stereocenters. The van der Waals surface area contributed by atoms with Crippen molar-refractivity contribution < 1.29 is 9.94 Å². The van der Waals surface area contributed by atoms with Gasteiger partial charge in [0.1, 0.15) is 0 Å². The second-order valence-corrected chi connectivity index (χ2v) is 2.38. The third kappa shape index (κ3) is 1.21. The van der Waals surface area contributed by atoms with Crippen LogP contribution < -0.4 is 0 Å². The van der Waals surface area contributed by atoms with Gasteiger partial charge in [-0.25, -0.2) is 0 Å². The van der Waals surface area contributed by atoms with E-state index in [1.54, 1.807) is 0 Å². The average Bonchev–Trinajstić information content (AvgIpc) is 2.10. The van der Waals surface area contributed by atoms with Crippen molar-refractivity contribution in [1.29, 1.82) is 0 Å². The van der Waals surface area contributed by atoms with E-state index in [1.165, 1.54) is 0 Å². The predicted octanol–water partition coefficient (Wildman–Crippen LogP) is 1.01. The van der Waals surface area contributed by atoms with Crippen LogP contribution in [0.3, 0.4) is 0 Å². The van der Waals surface area contributed by atoms with E-state index in [1.807, 2.05) is 13.8 Å². The first-order chi connectivity index (χ1) is 4.24. The summed E-state index contributed by atoms with van der Waals surface area (Å²) in [6, 6.07) is 0. The van der Waals surface area contributed by atoms with Gasteiger partial charge in [0.2, 0.25) is 0 Å². The fourth-order valence-electron chi connectivity index (χ4n) is 1.06. The molecule has 1 aliphatic rings. The molecule has 1 heterocycles. The van der Waals surface area contributed by atoms with Gasteiger partial charge in [0.15, 0.2) is 0 Å². The maximum absolute atomic E-state index is 8.36. The summed E-state index contributed by atoms with van der Waals surface area (Å²) >= 11 is 0. The lowest BCUT2D eigenvalue weighted by Crippen LogP contribution is -2.09. The summed E-state index contributed by atoms with van der Waals surface area (Å²) in [4.78, 5) is 0. The normalized spacial score (nSPS) is 40.0. The Morgan fingerprint density at radius 2 is 2.33 bits per heavy atom. The Hall–Kier alpha value is -0.570. The fourth-order valence-corrected chi connectivity index (χ4v) is 1.06. The first-order valence-corrected chi connectivity index (χ1v) is 3.10. The molecule has 0 bridgehead atoms. The van der Waals surface area contributed by atoms with Crippen LogP contribution >= 0.6 is 0 Å². The summed E-state index contributed by atoms with van der Waals surface area (Å²) in [5, 5.41) is 11.5. The van der Waals surface area contributed by atoms with Gasteiger partial charge in [-0.1, -0.05) is 5.16 Å². The third-order valence-corrected chi connectivity index (χ3v) is 1.53. The van der Waals surface area contributed by atoms with Gasteiger partial charge in [-0.2, -0.15) is 0 Å². The molecule has 3 heteroatoms. The molecule has 1 aliphatic heterocycles. The molecular weight excluding hydrogens is 118 g/mol. The summed E-state index contributed by atoms with van der Waals surface area (Å²) < 4.78 is 5.27. The molecule has 1 N–H and O–H groups in total. The highest BCUT2D eigenvalue weighted by Gasteiger charge is 2.24. The van der Waals surface area contributed by atoms with Gasteiger partial charge in [-0.05, 0) is 13.8 Å². The molecule has 1 saturated heterocycles. The van der Waals surface area contributed by atoms with E-state index in [-0.39, 0.29) is 12.2 Å². The van der Waals surface area contributed by atoms with Crippen molar-refractivity contribution in [2.45, 2.75) is 32.5 Å². The van der Waals surface area contributed by atoms with Crippen LogP contribution in [0, 0.1) is 0 Å². The molecule has 0 aromatic heterocycles. The standard InChI is InChI=1S/C6H11NO2/c1-4-3-6(7-8)5(2)9-4/h4-5,8H,3H2,1-2H3/b7-6-. The summed E-state index contributed by atoms with van der Waals surface area (Å²) in [5.41, 5.74) is 0.752. The Kier molecular flexibility index (Phi) is 1.71. The van der Waals surface area contributed by atoms with Crippen molar-refractivity contribution in [1.82, 2.24) is 0 Å². The SMILES string of the molecule is CC1C/C(=N/O)C(C)O1. The molecule has 52 valence electrons. The fraction of sp³-hybridized carbons (Fsp3) is 0.833. The van der Waals surface area contributed by atoms with Gasteiger partial charge in [-0.3, -0.25) is 0 Å². The number of oxime groups is 1. The molecule has 0 spiro atoms. The lowest BCUT2D eigenvalue weighted by molar-refractivity contribution is 0.0788. The van der Waals surface area contributed by atoms with Gasteiger partial charge in [-0.15, -0.1) is 0 Å². The monoisotopic (exact) mass is 129 g/mol. The van der Waals surface area contributed by atoms with E-state index in [0.717, 1.165) is 12.1 Å². The Labute approximate surface area is 54.3 Å². The average molecular weight is 129 g/mol. The van der Waals surface area contributed by atoms with Crippen molar-refractivity contribution >= 4 is 5.71 Å². The molecule has 1 rings (SSSR count). The molecular formula is C6H11NO2. The van der Waals surface area contributed by atoms with Crippen molar-refractivity contribution in [3.05, 3.63) is 0 Å². The first-order valence-electron chi connectivity index (χ1n) is 3.10. The zero-order valence-corrected chi connectivity index (χ0v) is 5.66. The molecule has 9 heavy (non-hydrogen) atoms. The number of rotatable bonds is 0. The molecule has 2 atom stereocenters. The summed E-state index contributed by atoms with van der Waals surface area (Å²) in [6.45, 7) is 3.85. The highest BCUT2D eigenvalue weighted by Crippen LogP contribution is 2.15. The van der Waals surface area contributed by atoms with Crippen LogP contribution in [0.1, 0.15) is 20.3 Å². The van der Waals surface area contributed by atoms with Gasteiger partial charge >= 0.3 is 0 Å². The largest absolute Gasteiger partial charge is 0.411 e. The predicted molar refractivity (Wildman–Crippen MR) is 33.8 cm³/mol. The number of hydrogen-bond acceptors (Lipinski definition) is 3. The molecule has 1 fully saturated rings. The van der Waals surface area contributed by atoms with Crippen LogP contribution in [0.15, 0.2) is 5.16 Å². The number of ether oxygens (including phenoxy) is 1. The molecule has 0 aromatic rings. The quantitative estimate of drug-likeness (QED) is 0.392. The first kappa shape index (κ1) is 6.55. The number of nitrogens with zero attached hydrogens (tertiary/aromatic N) is 1. The van der Waals surface area contributed by atoms with E-state index < -0.39 is 0 Å². The van der Waals surface area contributed by atoms with Gasteiger partial charge < -0.3 is 9.94 Å². The Morgan fingerprint density at radius 3 is 2.56 bits per heavy atom. The Balaban J connectivity index is 2.58. The lowest BCUT2D eigenvalue weighted by atomic mass is 10.2. The molecule has 3 nitrogen and oxygen atoms in total. The maximum atomic E-state index is 8.36. The van der Waals surface area contributed by atoms with E-state index in [9.17, 15) is 0 Å². The summed E-state index contributed by atoms with van der Waals surface area (Å²) in [6.07, 6.45) is 0.980. The van der Waals surface area contributed by atoms with E-state index in [2.05, 4.69) is 5.16 Å². The maximum Gasteiger partial charge on any atom is 0.0965 e. The van der Waals surface area contributed by atoms with Crippen molar-refractivity contribution in [3.63, 3.8) is 0 Å². The second-order valence-electron chi connectivity index (χ2n) is 2.38. The third-order valence-electron chi connectivity index (χ3n) is 1.53. The van der Waals surface area contributed by atoms with Crippen molar-refractivity contribution in [3.8, 4) is 0 Å². The molecule has 0 amide bonds. The van der Waals surface area contributed by atoms with E-state index >= 15 is 0 Å². The topological polar surface area (TPSA) is 41.8 Å². The van der Waals surface area contributed by atoms with Gasteiger partial charge in [0.25, 0.3) is 0 Å². The Morgan fingerprint density at radius 1 is 1.67 bits per heavy atom. The highest BCUT2D eigenvalue weighted by atomic mass is 16.5. The van der Waals surface area contributed by atoms with Crippen LogP contribution in [-0.4, -0.2) is 23.1 Å². The minimum Gasteiger partial charge on any atom is -0.411 e. The molecule has 0 aromatic carbocycles. The van der Waals surface area contributed by atoms with Gasteiger partial charge in [0.05, 0.1) is 17.9 Å². The minimum atomic E-state index is 0.00463.